The molecule has 0 radical (unpaired) electrons. The van der Waals surface area contributed by atoms with Gasteiger partial charge in [0.1, 0.15) is 5.82 Å². The maximum atomic E-state index is 13.2. The molecule has 2 rings (SSSR count). The Morgan fingerprint density at radius 3 is 2.45 bits per heavy atom. The third-order valence-electron chi connectivity index (χ3n) is 4.18. The minimum absolute atomic E-state index is 0.223. The van der Waals surface area contributed by atoms with Crippen molar-refractivity contribution >= 4 is 15.7 Å². The fourth-order valence-electron chi connectivity index (χ4n) is 2.62. The van der Waals surface area contributed by atoms with Gasteiger partial charge >= 0.3 is 0 Å². The Morgan fingerprint density at radius 2 is 1.85 bits per heavy atom. The summed E-state index contributed by atoms with van der Waals surface area (Å²) in [5.74, 6) is -0.432. The highest BCUT2D eigenvalue weighted by atomic mass is 32.2. The summed E-state index contributed by atoms with van der Waals surface area (Å²) in [7, 11) is -3.44. The highest BCUT2D eigenvalue weighted by Crippen LogP contribution is 2.38. The van der Waals surface area contributed by atoms with E-state index in [4.69, 9.17) is 0 Å². The van der Waals surface area contributed by atoms with Crippen LogP contribution >= 0.6 is 0 Å². The fourth-order valence-corrected chi connectivity index (χ4v) is 4.17. The number of sulfonamides is 1. The molecule has 0 saturated heterocycles. The van der Waals surface area contributed by atoms with Gasteiger partial charge in [0, 0.05) is 0 Å². The molecular formula is C15H22FNO2S. The first kappa shape index (κ1) is 15.3. The van der Waals surface area contributed by atoms with Crippen LogP contribution < -0.4 is 4.72 Å². The van der Waals surface area contributed by atoms with Crippen LogP contribution in [0, 0.1) is 18.2 Å². The van der Waals surface area contributed by atoms with Crippen molar-refractivity contribution in [3.8, 4) is 0 Å². The van der Waals surface area contributed by atoms with Gasteiger partial charge in [0.15, 0.2) is 0 Å². The summed E-state index contributed by atoms with van der Waals surface area (Å²) in [5.41, 5.74) is 1.29. The molecule has 1 aliphatic rings. The lowest BCUT2D eigenvalue weighted by atomic mass is 9.77. The van der Waals surface area contributed by atoms with Crippen molar-refractivity contribution in [1.82, 2.24) is 0 Å². The zero-order chi connectivity index (χ0) is 15.0. The number of benzene rings is 1. The highest BCUT2D eigenvalue weighted by Gasteiger charge is 2.34. The number of hydrogen-bond donors (Lipinski definition) is 1. The summed E-state index contributed by atoms with van der Waals surface area (Å²) in [6, 6.07) is 4.15. The molecule has 112 valence electrons. The topological polar surface area (TPSA) is 46.2 Å². The third-order valence-corrected chi connectivity index (χ3v) is 6.03. The van der Waals surface area contributed by atoms with Gasteiger partial charge in [-0.05, 0) is 55.7 Å². The van der Waals surface area contributed by atoms with Gasteiger partial charge in [0.2, 0.25) is 10.0 Å². The average molecular weight is 299 g/mol. The van der Waals surface area contributed by atoms with Crippen LogP contribution in [-0.2, 0) is 10.0 Å². The first-order valence-electron chi connectivity index (χ1n) is 6.97. The molecule has 20 heavy (non-hydrogen) atoms. The third kappa shape index (κ3) is 3.51. The Balaban J connectivity index is 2.14. The summed E-state index contributed by atoms with van der Waals surface area (Å²) in [6.07, 6.45) is 3.13. The van der Waals surface area contributed by atoms with Crippen molar-refractivity contribution in [3.05, 3.63) is 29.6 Å². The second kappa shape index (κ2) is 5.35. The average Bonchev–Trinajstić information content (AvgIpc) is 2.33. The van der Waals surface area contributed by atoms with Crippen LogP contribution in [0.15, 0.2) is 18.2 Å². The molecule has 0 amide bonds. The number of rotatable bonds is 3. The summed E-state index contributed by atoms with van der Waals surface area (Å²) in [6.45, 7) is 6.10. The van der Waals surface area contributed by atoms with E-state index in [9.17, 15) is 12.8 Å². The lowest BCUT2D eigenvalue weighted by Gasteiger charge is -2.34. The van der Waals surface area contributed by atoms with Crippen LogP contribution in [0.5, 0.6) is 0 Å². The van der Waals surface area contributed by atoms with Crippen molar-refractivity contribution in [2.45, 2.75) is 51.7 Å². The summed E-state index contributed by atoms with van der Waals surface area (Å²) in [4.78, 5) is 0. The van der Waals surface area contributed by atoms with Crippen LogP contribution in [0.4, 0.5) is 10.1 Å². The molecule has 1 saturated carbocycles. The lowest BCUT2D eigenvalue weighted by Crippen LogP contribution is -2.34. The second-order valence-corrected chi connectivity index (χ2v) is 8.43. The lowest BCUT2D eigenvalue weighted by molar-refractivity contribution is 0.246. The van der Waals surface area contributed by atoms with Crippen molar-refractivity contribution < 1.29 is 12.8 Å². The van der Waals surface area contributed by atoms with Crippen LogP contribution in [0.25, 0.3) is 0 Å². The molecule has 1 aromatic rings. The van der Waals surface area contributed by atoms with Crippen LogP contribution in [0.2, 0.25) is 0 Å². The molecule has 3 nitrogen and oxygen atoms in total. The summed E-state index contributed by atoms with van der Waals surface area (Å²) < 4.78 is 40.6. The van der Waals surface area contributed by atoms with E-state index in [1.54, 1.807) is 13.0 Å². The van der Waals surface area contributed by atoms with Gasteiger partial charge in [-0.1, -0.05) is 19.9 Å². The molecule has 0 heterocycles. The van der Waals surface area contributed by atoms with E-state index in [0.29, 0.717) is 18.5 Å². The number of aryl methyl sites for hydroxylation is 1. The smallest absolute Gasteiger partial charge is 0.235 e. The second-order valence-electron chi connectivity index (χ2n) is 6.47. The fraction of sp³-hybridized carbons (Fsp3) is 0.600. The van der Waals surface area contributed by atoms with Gasteiger partial charge in [-0.25, -0.2) is 12.8 Å². The molecule has 0 unspecified atom stereocenters. The predicted octanol–water partition coefficient (Wildman–Crippen LogP) is 3.84. The highest BCUT2D eigenvalue weighted by molar-refractivity contribution is 7.93. The maximum Gasteiger partial charge on any atom is 0.235 e. The molecule has 0 bridgehead atoms. The van der Waals surface area contributed by atoms with Crippen LogP contribution in [0.1, 0.15) is 45.1 Å². The number of halogens is 1. The van der Waals surface area contributed by atoms with Gasteiger partial charge < -0.3 is 0 Å². The van der Waals surface area contributed by atoms with E-state index < -0.39 is 15.8 Å². The van der Waals surface area contributed by atoms with E-state index in [0.717, 1.165) is 18.4 Å². The maximum absolute atomic E-state index is 13.2. The Hall–Kier alpha value is -1.10. The van der Waals surface area contributed by atoms with E-state index >= 15 is 0 Å². The molecule has 5 heteroatoms. The van der Waals surface area contributed by atoms with Crippen molar-refractivity contribution in [2.75, 3.05) is 4.72 Å². The Kier molecular flexibility index (Phi) is 4.09. The Morgan fingerprint density at radius 1 is 1.25 bits per heavy atom. The summed E-state index contributed by atoms with van der Waals surface area (Å²) >= 11 is 0. The van der Waals surface area contributed by atoms with Gasteiger partial charge in [-0.2, -0.15) is 0 Å². The molecule has 1 aliphatic carbocycles. The van der Waals surface area contributed by atoms with E-state index in [-0.39, 0.29) is 10.7 Å². The number of nitrogens with one attached hydrogen (secondary N) is 1. The quantitative estimate of drug-likeness (QED) is 0.921. The Bertz CT molecular complexity index is 586. The van der Waals surface area contributed by atoms with Crippen LogP contribution in [0.3, 0.4) is 0 Å². The van der Waals surface area contributed by atoms with Crippen molar-refractivity contribution in [3.63, 3.8) is 0 Å². The molecule has 1 aromatic carbocycles. The van der Waals surface area contributed by atoms with E-state index in [2.05, 4.69) is 18.6 Å². The zero-order valence-corrected chi connectivity index (χ0v) is 13.1. The molecule has 0 atom stereocenters. The van der Waals surface area contributed by atoms with Gasteiger partial charge in [0.05, 0.1) is 10.9 Å². The molecular weight excluding hydrogens is 277 g/mol. The minimum atomic E-state index is -3.44. The van der Waals surface area contributed by atoms with Crippen LogP contribution in [-0.4, -0.2) is 13.7 Å². The Labute approximate surface area is 120 Å². The predicted molar refractivity (Wildman–Crippen MR) is 79.7 cm³/mol. The first-order valence-corrected chi connectivity index (χ1v) is 8.52. The number of hydrogen-bond acceptors (Lipinski definition) is 2. The summed E-state index contributed by atoms with van der Waals surface area (Å²) in [5, 5.41) is -0.377. The molecule has 1 N–H and O–H groups in total. The minimum Gasteiger partial charge on any atom is -0.283 e. The van der Waals surface area contributed by atoms with Gasteiger partial charge in [-0.3, -0.25) is 4.72 Å². The van der Waals surface area contributed by atoms with Crippen molar-refractivity contribution in [1.29, 1.82) is 0 Å². The van der Waals surface area contributed by atoms with E-state index in [1.165, 1.54) is 12.1 Å². The normalized spacial score (nSPS) is 19.8. The zero-order valence-electron chi connectivity index (χ0n) is 12.2. The van der Waals surface area contributed by atoms with Crippen molar-refractivity contribution in [2.24, 2.45) is 5.41 Å². The van der Waals surface area contributed by atoms with E-state index in [1.807, 2.05) is 0 Å². The first-order chi connectivity index (χ1) is 9.20. The van der Waals surface area contributed by atoms with Gasteiger partial charge in [0.25, 0.3) is 0 Å². The standard InChI is InChI=1S/C15H22FNO2S/c1-11-4-5-12(16)10-14(11)17-20(18,19)13-6-8-15(2,3)9-7-13/h4-5,10,13,17H,6-9H2,1-3H3. The molecule has 0 aliphatic heterocycles. The largest absolute Gasteiger partial charge is 0.283 e. The SMILES string of the molecule is Cc1ccc(F)cc1NS(=O)(=O)C1CCC(C)(C)CC1. The molecule has 0 aromatic heterocycles. The van der Waals surface area contributed by atoms with Gasteiger partial charge in [-0.15, -0.1) is 0 Å². The molecule has 0 spiro atoms. The number of anilines is 1. The molecule has 1 fully saturated rings. The monoisotopic (exact) mass is 299 g/mol.